The number of benzene rings is 1. The SMILES string of the molecule is CCCCN(C)C(=O)c1sc2ncnc(NCc3ccccc3OC)c2c1C. The number of unbranched alkanes of at least 4 members (excludes halogenated alkanes) is 1. The van der Waals surface area contributed by atoms with Crippen molar-refractivity contribution in [2.75, 3.05) is 26.0 Å². The zero-order valence-corrected chi connectivity index (χ0v) is 17.6. The molecule has 0 saturated carbocycles. The van der Waals surface area contributed by atoms with Crippen LogP contribution in [0.4, 0.5) is 5.82 Å². The molecule has 0 unspecified atom stereocenters. The van der Waals surface area contributed by atoms with Crippen molar-refractivity contribution in [2.45, 2.75) is 33.2 Å². The van der Waals surface area contributed by atoms with E-state index in [0.29, 0.717) is 6.54 Å². The topological polar surface area (TPSA) is 67.4 Å². The van der Waals surface area contributed by atoms with Crippen molar-refractivity contribution in [3.63, 3.8) is 0 Å². The third-order valence-electron chi connectivity index (χ3n) is 4.75. The fourth-order valence-corrected chi connectivity index (χ4v) is 4.25. The molecule has 0 spiro atoms. The average molecular weight is 399 g/mol. The molecule has 3 aromatic rings. The Labute approximate surface area is 169 Å². The van der Waals surface area contributed by atoms with E-state index in [0.717, 1.165) is 57.2 Å². The number of methoxy groups -OCH3 is 1. The number of aromatic nitrogens is 2. The number of rotatable bonds is 8. The number of carbonyl (C=O) groups excluding carboxylic acids is 1. The van der Waals surface area contributed by atoms with Gasteiger partial charge in [-0.2, -0.15) is 0 Å². The van der Waals surface area contributed by atoms with Crippen LogP contribution in [0.1, 0.15) is 40.6 Å². The maximum atomic E-state index is 12.9. The Bertz CT molecular complexity index is 970. The largest absolute Gasteiger partial charge is 0.496 e. The highest BCUT2D eigenvalue weighted by molar-refractivity contribution is 7.20. The number of thiophene rings is 1. The van der Waals surface area contributed by atoms with Crippen LogP contribution in [0.5, 0.6) is 5.75 Å². The number of ether oxygens (including phenoxy) is 1. The summed E-state index contributed by atoms with van der Waals surface area (Å²) in [5, 5.41) is 4.30. The van der Waals surface area contributed by atoms with Gasteiger partial charge in [0.25, 0.3) is 5.91 Å². The molecule has 2 heterocycles. The minimum atomic E-state index is 0.0460. The molecule has 148 valence electrons. The average Bonchev–Trinajstić information content (AvgIpc) is 3.07. The first-order valence-electron chi connectivity index (χ1n) is 9.42. The number of amides is 1. The summed E-state index contributed by atoms with van der Waals surface area (Å²) in [5.41, 5.74) is 1.97. The van der Waals surface area contributed by atoms with Crippen molar-refractivity contribution >= 4 is 33.3 Å². The van der Waals surface area contributed by atoms with E-state index in [-0.39, 0.29) is 5.91 Å². The molecule has 1 aromatic carbocycles. The monoisotopic (exact) mass is 398 g/mol. The maximum absolute atomic E-state index is 12.9. The quantitative estimate of drug-likeness (QED) is 0.605. The Balaban J connectivity index is 1.88. The highest BCUT2D eigenvalue weighted by Crippen LogP contribution is 2.34. The van der Waals surface area contributed by atoms with Crippen LogP contribution in [-0.4, -0.2) is 41.5 Å². The molecule has 6 nitrogen and oxygen atoms in total. The molecule has 0 bridgehead atoms. The van der Waals surface area contributed by atoms with Gasteiger partial charge in [-0.15, -0.1) is 11.3 Å². The standard InChI is InChI=1S/C21H26N4O2S/c1-5-6-11-25(3)21(26)18-14(2)17-19(23-13-24-20(17)28-18)22-12-15-9-7-8-10-16(15)27-4/h7-10,13H,5-6,11-12H2,1-4H3,(H,22,23,24). The molecule has 0 fully saturated rings. The van der Waals surface area contributed by atoms with Crippen molar-refractivity contribution in [3.05, 3.63) is 46.6 Å². The van der Waals surface area contributed by atoms with E-state index >= 15 is 0 Å². The number of para-hydroxylation sites is 1. The van der Waals surface area contributed by atoms with Crippen LogP contribution in [-0.2, 0) is 6.54 Å². The molecule has 0 atom stereocenters. The molecule has 28 heavy (non-hydrogen) atoms. The lowest BCUT2D eigenvalue weighted by Gasteiger charge is -2.16. The summed E-state index contributed by atoms with van der Waals surface area (Å²) < 4.78 is 5.42. The predicted octanol–water partition coefficient (Wildman–Crippen LogP) is 4.49. The second-order valence-electron chi connectivity index (χ2n) is 6.70. The Morgan fingerprint density at radius 1 is 1.29 bits per heavy atom. The molecule has 7 heteroatoms. The van der Waals surface area contributed by atoms with Gasteiger partial charge in [-0.3, -0.25) is 4.79 Å². The number of anilines is 1. The fraction of sp³-hybridized carbons (Fsp3) is 0.381. The van der Waals surface area contributed by atoms with E-state index in [1.807, 2.05) is 38.2 Å². The van der Waals surface area contributed by atoms with Gasteiger partial charge in [0.2, 0.25) is 0 Å². The van der Waals surface area contributed by atoms with E-state index in [9.17, 15) is 4.79 Å². The lowest BCUT2D eigenvalue weighted by molar-refractivity contribution is 0.0797. The van der Waals surface area contributed by atoms with Crippen molar-refractivity contribution in [3.8, 4) is 5.75 Å². The van der Waals surface area contributed by atoms with Gasteiger partial charge < -0.3 is 15.0 Å². The third kappa shape index (κ3) is 4.09. The molecule has 0 radical (unpaired) electrons. The van der Waals surface area contributed by atoms with Gasteiger partial charge in [0.05, 0.1) is 17.4 Å². The van der Waals surface area contributed by atoms with Gasteiger partial charge in [0, 0.05) is 25.7 Å². The van der Waals surface area contributed by atoms with Crippen LogP contribution in [0.3, 0.4) is 0 Å². The molecule has 1 amide bonds. The number of nitrogens with one attached hydrogen (secondary N) is 1. The number of hydrogen-bond donors (Lipinski definition) is 1. The van der Waals surface area contributed by atoms with Crippen LogP contribution in [0, 0.1) is 6.92 Å². The Morgan fingerprint density at radius 2 is 2.07 bits per heavy atom. The van der Waals surface area contributed by atoms with Gasteiger partial charge in [-0.25, -0.2) is 9.97 Å². The summed E-state index contributed by atoms with van der Waals surface area (Å²) in [5.74, 6) is 1.61. The molecule has 3 rings (SSSR count). The lowest BCUT2D eigenvalue weighted by Crippen LogP contribution is -2.27. The molecular weight excluding hydrogens is 372 g/mol. The number of hydrogen-bond acceptors (Lipinski definition) is 6. The van der Waals surface area contributed by atoms with Crippen LogP contribution >= 0.6 is 11.3 Å². The summed E-state index contributed by atoms with van der Waals surface area (Å²) in [6.07, 6.45) is 3.60. The zero-order chi connectivity index (χ0) is 20.1. The highest BCUT2D eigenvalue weighted by atomic mass is 32.1. The number of carbonyl (C=O) groups is 1. The zero-order valence-electron chi connectivity index (χ0n) is 16.8. The van der Waals surface area contributed by atoms with E-state index in [1.165, 1.54) is 17.7 Å². The highest BCUT2D eigenvalue weighted by Gasteiger charge is 2.21. The first-order chi connectivity index (χ1) is 13.6. The lowest BCUT2D eigenvalue weighted by atomic mass is 10.1. The van der Waals surface area contributed by atoms with Crippen LogP contribution in [0.15, 0.2) is 30.6 Å². The molecule has 0 aliphatic carbocycles. The van der Waals surface area contributed by atoms with Crippen molar-refractivity contribution in [1.29, 1.82) is 0 Å². The van der Waals surface area contributed by atoms with Crippen molar-refractivity contribution in [2.24, 2.45) is 0 Å². The summed E-state index contributed by atoms with van der Waals surface area (Å²) in [7, 11) is 3.52. The van der Waals surface area contributed by atoms with Crippen LogP contribution in [0.25, 0.3) is 10.2 Å². The molecular formula is C21H26N4O2S. The van der Waals surface area contributed by atoms with Gasteiger partial charge in [-0.1, -0.05) is 31.5 Å². The Hall–Kier alpha value is -2.67. The third-order valence-corrected chi connectivity index (χ3v) is 5.94. The van der Waals surface area contributed by atoms with Crippen LogP contribution < -0.4 is 10.1 Å². The van der Waals surface area contributed by atoms with Gasteiger partial charge in [0.1, 0.15) is 22.7 Å². The predicted molar refractivity (Wildman–Crippen MR) is 114 cm³/mol. The maximum Gasteiger partial charge on any atom is 0.264 e. The van der Waals surface area contributed by atoms with E-state index in [4.69, 9.17) is 4.74 Å². The summed E-state index contributed by atoms with van der Waals surface area (Å²) in [6.45, 7) is 5.42. The van der Waals surface area contributed by atoms with Gasteiger partial charge in [0.15, 0.2) is 0 Å². The van der Waals surface area contributed by atoms with Crippen molar-refractivity contribution in [1.82, 2.24) is 14.9 Å². The molecule has 0 aliphatic heterocycles. The van der Waals surface area contributed by atoms with Gasteiger partial charge in [-0.05, 0) is 25.0 Å². The number of aryl methyl sites for hydroxylation is 1. The molecule has 0 aliphatic rings. The normalized spacial score (nSPS) is 10.9. The smallest absolute Gasteiger partial charge is 0.264 e. The van der Waals surface area contributed by atoms with E-state index in [2.05, 4.69) is 22.2 Å². The second kappa shape index (κ2) is 9.01. The summed E-state index contributed by atoms with van der Waals surface area (Å²) >= 11 is 1.43. The Morgan fingerprint density at radius 3 is 2.82 bits per heavy atom. The van der Waals surface area contributed by atoms with Crippen LogP contribution in [0.2, 0.25) is 0 Å². The van der Waals surface area contributed by atoms with E-state index < -0.39 is 0 Å². The number of fused-ring (bicyclic) bond motifs is 1. The Kier molecular flexibility index (Phi) is 6.46. The van der Waals surface area contributed by atoms with E-state index in [1.54, 1.807) is 12.0 Å². The van der Waals surface area contributed by atoms with Gasteiger partial charge >= 0.3 is 0 Å². The minimum absolute atomic E-state index is 0.0460. The fourth-order valence-electron chi connectivity index (χ4n) is 3.11. The number of nitrogens with zero attached hydrogens (tertiary/aromatic N) is 3. The molecule has 0 saturated heterocycles. The second-order valence-corrected chi connectivity index (χ2v) is 7.70. The molecule has 2 aromatic heterocycles. The first-order valence-corrected chi connectivity index (χ1v) is 10.2. The minimum Gasteiger partial charge on any atom is -0.496 e. The first kappa shape index (κ1) is 20.1. The summed E-state index contributed by atoms with van der Waals surface area (Å²) in [6, 6.07) is 7.88. The summed E-state index contributed by atoms with van der Waals surface area (Å²) in [4.78, 5) is 25.0. The van der Waals surface area contributed by atoms with Crippen molar-refractivity contribution < 1.29 is 9.53 Å². The molecule has 1 N–H and O–H groups in total.